The zero-order valence-electron chi connectivity index (χ0n) is 10.3. The third-order valence-electron chi connectivity index (χ3n) is 2.45. The number of hydrogen-bond acceptors (Lipinski definition) is 5. The summed E-state index contributed by atoms with van der Waals surface area (Å²) in [6.07, 6.45) is -0.590. The van der Waals surface area contributed by atoms with Crippen molar-refractivity contribution in [3.63, 3.8) is 0 Å². The lowest BCUT2D eigenvalue weighted by Crippen LogP contribution is -2.34. The molecule has 1 aromatic carbocycles. The number of carbonyl (C=O) groups is 3. The molecular formula is C12H12N2O6. The van der Waals surface area contributed by atoms with E-state index in [0.29, 0.717) is 17.2 Å². The van der Waals surface area contributed by atoms with Crippen LogP contribution in [0.25, 0.3) is 0 Å². The highest BCUT2D eigenvalue weighted by molar-refractivity contribution is 6.01. The first-order valence-corrected chi connectivity index (χ1v) is 5.77. The van der Waals surface area contributed by atoms with Gasteiger partial charge in [0.25, 0.3) is 0 Å². The zero-order valence-corrected chi connectivity index (χ0v) is 10.3. The fourth-order valence-electron chi connectivity index (χ4n) is 1.55. The highest BCUT2D eigenvalue weighted by atomic mass is 16.7. The number of benzene rings is 1. The molecule has 1 aromatic rings. The van der Waals surface area contributed by atoms with Gasteiger partial charge in [-0.1, -0.05) is 0 Å². The summed E-state index contributed by atoms with van der Waals surface area (Å²) < 4.78 is 10.3. The predicted octanol–water partition coefficient (Wildman–Crippen LogP) is 0.928. The summed E-state index contributed by atoms with van der Waals surface area (Å²) in [4.78, 5) is 33.0. The summed E-state index contributed by atoms with van der Waals surface area (Å²) in [5.74, 6) is -0.685. The van der Waals surface area contributed by atoms with Gasteiger partial charge in [0.05, 0.1) is 6.42 Å². The molecule has 3 amide bonds. The van der Waals surface area contributed by atoms with Crippen molar-refractivity contribution in [2.75, 3.05) is 12.1 Å². The maximum atomic E-state index is 11.5. The molecule has 2 rings (SSSR count). The van der Waals surface area contributed by atoms with E-state index in [2.05, 4.69) is 5.32 Å². The van der Waals surface area contributed by atoms with E-state index < -0.39 is 17.9 Å². The normalized spacial score (nSPS) is 11.8. The summed E-state index contributed by atoms with van der Waals surface area (Å²) in [6, 6.07) is 4.04. The number of urea groups is 1. The molecule has 1 aliphatic rings. The molecule has 0 bridgehead atoms. The minimum atomic E-state index is -1.10. The van der Waals surface area contributed by atoms with E-state index >= 15 is 0 Å². The lowest BCUT2D eigenvalue weighted by molar-refractivity contribution is -0.138. The van der Waals surface area contributed by atoms with Crippen LogP contribution in [0.5, 0.6) is 11.5 Å². The van der Waals surface area contributed by atoms with Crippen molar-refractivity contribution in [1.82, 2.24) is 5.32 Å². The number of fused-ring (bicyclic) bond motifs is 1. The SMILES string of the molecule is O=C(O)CCC(=O)NC(=O)Nc1ccc2c(c1)OCO2. The molecule has 8 heteroatoms. The predicted molar refractivity (Wildman–Crippen MR) is 66.6 cm³/mol. The number of rotatable bonds is 4. The Bertz CT molecular complexity index is 557. The first kappa shape index (κ1) is 13.7. The van der Waals surface area contributed by atoms with E-state index in [4.69, 9.17) is 14.6 Å². The molecule has 0 aliphatic carbocycles. The quantitative estimate of drug-likeness (QED) is 0.756. The van der Waals surface area contributed by atoms with Crippen molar-refractivity contribution in [2.45, 2.75) is 12.8 Å². The summed E-state index contributed by atoms with van der Waals surface area (Å²) in [5.41, 5.74) is 0.429. The molecule has 20 heavy (non-hydrogen) atoms. The van der Waals surface area contributed by atoms with Gasteiger partial charge in [-0.25, -0.2) is 4.79 Å². The summed E-state index contributed by atoms with van der Waals surface area (Å²) in [5, 5.41) is 12.9. The summed E-state index contributed by atoms with van der Waals surface area (Å²) in [6.45, 7) is 0.124. The molecule has 0 saturated carbocycles. The average molecular weight is 280 g/mol. The molecule has 106 valence electrons. The largest absolute Gasteiger partial charge is 0.481 e. The van der Waals surface area contributed by atoms with E-state index in [1.54, 1.807) is 18.2 Å². The number of ether oxygens (including phenoxy) is 2. The summed E-state index contributed by atoms with van der Waals surface area (Å²) in [7, 11) is 0. The van der Waals surface area contributed by atoms with Crippen molar-refractivity contribution in [1.29, 1.82) is 0 Å². The first-order chi connectivity index (χ1) is 9.54. The number of anilines is 1. The van der Waals surface area contributed by atoms with E-state index in [-0.39, 0.29) is 19.6 Å². The molecule has 1 aliphatic heterocycles. The second-order valence-corrected chi connectivity index (χ2v) is 3.96. The molecule has 1 heterocycles. The van der Waals surface area contributed by atoms with E-state index in [9.17, 15) is 14.4 Å². The molecule has 0 aromatic heterocycles. The monoisotopic (exact) mass is 280 g/mol. The van der Waals surface area contributed by atoms with Crippen LogP contribution in [0.15, 0.2) is 18.2 Å². The Labute approximate surface area is 113 Å². The highest BCUT2D eigenvalue weighted by Gasteiger charge is 2.15. The van der Waals surface area contributed by atoms with Gasteiger partial charge in [0.2, 0.25) is 12.7 Å². The Balaban J connectivity index is 1.85. The molecular weight excluding hydrogens is 268 g/mol. The van der Waals surface area contributed by atoms with Crippen LogP contribution in [0.2, 0.25) is 0 Å². The van der Waals surface area contributed by atoms with Crippen molar-refractivity contribution in [3.8, 4) is 11.5 Å². The van der Waals surface area contributed by atoms with E-state index in [1.165, 1.54) is 0 Å². The molecule has 0 radical (unpaired) electrons. The number of carboxylic acid groups (broad SMARTS) is 1. The highest BCUT2D eigenvalue weighted by Crippen LogP contribution is 2.34. The maximum Gasteiger partial charge on any atom is 0.325 e. The third-order valence-corrected chi connectivity index (χ3v) is 2.45. The van der Waals surface area contributed by atoms with Crippen molar-refractivity contribution in [2.24, 2.45) is 0 Å². The molecule has 0 saturated heterocycles. The van der Waals surface area contributed by atoms with Crippen LogP contribution >= 0.6 is 0 Å². The van der Waals surface area contributed by atoms with Crippen molar-refractivity contribution in [3.05, 3.63) is 18.2 Å². The maximum absolute atomic E-state index is 11.5. The number of nitrogens with one attached hydrogen (secondary N) is 2. The Morgan fingerprint density at radius 2 is 1.90 bits per heavy atom. The number of amides is 3. The second kappa shape index (κ2) is 5.91. The van der Waals surface area contributed by atoms with Gasteiger partial charge in [0.15, 0.2) is 11.5 Å². The lowest BCUT2D eigenvalue weighted by atomic mass is 10.3. The molecule has 3 N–H and O–H groups in total. The number of hydrogen-bond donors (Lipinski definition) is 3. The molecule has 8 nitrogen and oxygen atoms in total. The van der Waals surface area contributed by atoms with Crippen LogP contribution in [0.3, 0.4) is 0 Å². The van der Waals surface area contributed by atoms with Gasteiger partial charge in [-0.05, 0) is 12.1 Å². The average Bonchev–Trinajstić information content (AvgIpc) is 2.83. The van der Waals surface area contributed by atoms with Gasteiger partial charge in [0.1, 0.15) is 0 Å². The lowest BCUT2D eigenvalue weighted by Gasteiger charge is -2.06. The minimum absolute atomic E-state index is 0.124. The van der Waals surface area contributed by atoms with Crippen LogP contribution in [0, 0.1) is 0 Å². The standard InChI is InChI=1S/C12H12N2O6/c15-10(3-4-11(16)17)14-12(18)13-7-1-2-8-9(5-7)20-6-19-8/h1-2,5H,3-4,6H2,(H,16,17)(H2,13,14,15,18). The van der Waals surface area contributed by atoms with Gasteiger partial charge in [-0.3, -0.25) is 14.9 Å². The fraction of sp³-hybridized carbons (Fsp3) is 0.250. The Hall–Kier alpha value is -2.77. The number of carbonyl (C=O) groups excluding carboxylic acids is 2. The smallest absolute Gasteiger partial charge is 0.325 e. The number of imide groups is 1. The van der Waals surface area contributed by atoms with Crippen LogP contribution in [-0.2, 0) is 9.59 Å². The van der Waals surface area contributed by atoms with E-state index in [1.807, 2.05) is 5.32 Å². The molecule has 0 fully saturated rings. The van der Waals surface area contributed by atoms with E-state index in [0.717, 1.165) is 0 Å². The molecule has 0 unspecified atom stereocenters. The van der Waals surface area contributed by atoms with Gasteiger partial charge in [-0.15, -0.1) is 0 Å². The summed E-state index contributed by atoms with van der Waals surface area (Å²) >= 11 is 0. The van der Waals surface area contributed by atoms with Gasteiger partial charge >= 0.3 is 12.0 Å². The van der Waals surface area contributed by atoms with Gasteiger partial charge in [-0.2, -0.15) is 0 Å². The fourth-order valence-corrected chi connectivity index (χ4v) is 1.55. The number of aliphatic carboxylic acids is 1. The van der Waals surface area contributed by atoms with Crippen molar-refractivity contribution < 1.29 is 29.0 Å². The molecule has 0 atom stereocenters. The van der Waals surface area contributed by atoms with Crippen LogP contribution in [0.1, 0.15) is 12.8 Å². The Kier molecular flexibility index (Phi) is 4.04. The zero-order chi connectivity index (χ0) is 14.5. The minimum Gasteiger partial charge on any atom is -0.481 e. The number of carboxylic acids is 1. The molecule has 0 spiro atoms. The second-order valence-electron chi connectivity index (χ2n) is 3.96. The van der Waals surface area contributed by atoms with Crippen LogP contribution < -0.4 is 20.1 Å². The van der Waals surface area contributed by atoms with Crippen LogP contribution in [0.4, 0.5) is 10.5 Å². The Morgan fingerprint density at radius 3 is 2.65 bits per heavy atom. The topological polar surface area (TPSA) is 114 Å². The first-order valence-electron chi connectivity index (χ1n) is 5.77. The van der Waals surface area contributed by atoms with Gasteiger partial charge < -0.3 is 19.9 Å². The van der Waals surface area contributed by atoms with Gasteiger partial charge in [0, 0.05) is 18.2 Å². The Morgan fingerprint density at radius 1 is 1.15 bits per heavy atom. The van der Waals surface area contributed by atoms with Crippen LogP contribution in [-0.4, -0.2) is 29.8 Å². The third kappa shape index (κ3) is 3.61. The van der Waals surface area contributed by atoms with Crippen molar-refractivity contribution >= 4 is 23.6 Å².